The van der Waals surface area contributed by atoms with Crippen molar-refractivity contribution in [1.29, 1.82) is 0 Å². The van der Waals surface area contributed by atoms with Gasteiger partial charge in [-0.25, -0.2) is 4.98 Å². The first-order valence-electron chi connectivity index (χ1n) is 8.89. The number of likely N-dealkylation sites (N-methyl/N-ethyl adjacent to an activating group) is 1. The van der Waals surface area contributed by atoms with Gasteiger partial charge in [0, 0.05) is 51.4 Å². The Morgan fingerprint density at radius 3 is 2.83 bits per heavy atom. The molecule has 2 atom stereocenters. The number of pyridine rings is 1. The molecule has 6 nitrogen and oxygen atoms in total. The fourth-order valence-corrected chi connectivity index (χ4v) is 4.25. The molecule has 0 saturated carbocycles. The summed E-state index contributed by atoms with van der Waals surface area (Å²) >= 11 is 0. The summed E-state index contributed by atoms with van der Waals surface area (Å²) in [6, 6.07) is 3.99. The lowest BCUT2D eigenvalue weighted by Gasteiger charge is -2.37. The molecule has 0 bridgehead atoms. The number of likely N-dealkylation sites (tertiary alicyclic amines) is 2. The summed E-state index contributed by atoms with van der Waals surface area (Å²) in [7, 11) is 1.90. The summed E-state index contributed by atoms with van der Waals surface area (Å²) in [5.41, 5.74) is 0.722. The van der Waals surface area contributed by atoms with Crippen LogP contribution in [0, 0.1) is 5.92 Å². The zero-order valence-electron chi connectivity index (χ0n) is 14.1. The highest BCUT2D eigenvalue weighted by atomic mass is 16.2. The molecule has 0 radical (unpaired) electrons. The van der Waals surface area contributed by atoms with E-state index >= 15 is 0 Å². The van der Waals surface area contributed by atoms with Gasteiger partial charge in [-0.05, 0) is 37.3 Å². The predicted molar refractivity (Wildman–Crippen MR) is 90.9 cm³/mol. The van der Waals surface area contributed by atoms with Gasteiger partial charge < -0.3 is 14.7 Å². The molecule has 1 aromatic heterocycles. The second-order valence-corrected chi connectivity index (χ2v) is 7.17. The number of carbonyl (C=O) groups excluding carboxylic acids is 2. The molecule has 2 amide bonds. The molecule has 0 unspecified atom stereocenters. The van der Waals surface area contributed by atoms with Gasteiger partial charge in [-0.15, -0.1) is 0 Å². The molecule has 3 aliphatic heterocycles. The maximum Gasteiger partial charge on any atom is 0.254 e. The van der Waals surface area contributed by atoms with Crippen LogP contribution in [-0.4, -0.2) is 65.9 Å². The van der Waals surface area contributed by atoms with Gasteiger partial charge in [0.05, 0.1) is 6.04 Å². The minimum Gasteiger partial charge on any atom is -0.355 e. The highest BCUT2D eigenvalue weighted by Crippen LogP contribution is 2.33. The fourth-order valence-electron chi connectivity index (χ4n) is 4.25. The van der Waals surface area contributed by atoms with E-state index in [0.29, 0.717) is 12.3 Å². The molecule has 3 fully saturated rings. The summed E-state index contributed by atoms with van der Waals surface area (Å²) < 4.78 is 0. The number of rotatable bonds is 2. The molecule has 4 heterocycles. The zero-order valence-corrected chi connectivity index (χ0v) is 14.1. The molecule has 3 aliphatic rings. The van der Waals surface area contributed by atoms with Gasteiger partial charge >= 0.3 is 0 Å². The van der Waals surface area contributed by atoms with E-state index in [9.17, 15) is 9.59 Å². The normalized spacial score (nSPS) is 26.9. The molecule has 128 valence electrons. The van der Waals surface area contributed by atoms with Crippen LogP contribution in [0.5, 0.6) is 0 Å². The van der Waals surface area contributed by atoms with E-state index in [1.54, 1.807) is 6.20 Å². The van der Waals surface area contributed by atoms with Gasteiger partial charge in [0.25, 0.3) is 5.91 Å². The topological polar surface area (TPSA) is 56.8 Å². The van der Waals surface area contributed by atoms with Crippen LogP contribution in [0.1, 0.15) is 36.0 Å². The van der Waals surface area contributed by atoms with Crippen molar-refractivity contribution in [3.05, 3.63) is 23.9 Å². The zero-order chi connectivity index (χ0) is 16.7. The van der Waals surface area contributed by atoms with Crippen LogP contribution < -0.4 is 4.90 Å². The van der Waals surface area contributed by atoms with Crippen LogP contribution >= 0.6 is 0 Å². The molecule has 4 rings (SSSR count). The van der Waals surface area contributed by atoms with Crippen LogP contribution in [0.15, 0.2) is 18.3 Å². The van der Waals surface area contributed by atoms with Crippen LogP contribution in [0.4, 0.5) is 5.82 Å². The fraction of sp³-hybridized carbons (Fsp3) is 0.611. The first-order valence-corrected chi connectivity index (χ1v) is 8.89. The van der Waals surface area contributed by atoms with Crippen LogP contribution in [-0.2, 0) is 4.79 Å². The average Bonchev–Trinajstić information content (AvgIpc) is 3.24. The van der Waals surface area contributed by atoms with Gasteiger partial charge in [-0.2, -0.15) is 0 Å². The Hall–Kier alpha value is -2.11. The van der Waals surface area contributed by atoms with E-state index in [1.807, 2.05) is 29.0 Å². The summed E-state index contributed by atoms with van der Waals surface area (Å²) in [6.07, 6.45) is 5.61. The van der Waals surface area contributed by atoms with Crippen molar-refractivity contribution < 1.29 is 9.59 Å². The van der Waals surface area contributed by atoms with Crippen LogP contribution in [0.3, 0.4) is 0 Å². The third-order valence-corrected chi connectivity index (χ3v) is 5.76. The van der Waals surface area contributed by atoms with E-state index in [-0.39, 0.29) is 17.9 Å². The van der Waals surface area contributed by atoms with Crippen molar-refractivity contribution in [2.45, 2.75) is 31.7 Å². The van der Waals surface area contributed by atoms with E-state index in [2.05, 4.69) is 9.88 Å². The highest BCUT2D eigenvalue weighted by Gasteiger charge is 2.41. The highest BCUT2D eigenvalue weighted by molar-refractivity contribution is 5.95. The third kappa shape index (κ3) is 2.64. The number of piperidine rings is 1. The van der Waals surface area contributed by atoms with Crippen molar-refractivity contribution in [2.24, 2.45) is 5.92 Å². The second-order valence-electron chi connectivity index (χ2n) is 7.17. The molecule has 0 N–H and O–H groups in total. The number of fused-ring (bicyclic) bond motifs is 1. The summed E-state index contributed by atoms with van der Waals surface area (Å²) in [5.74, 6) is 1.68. The molecule has 0 aliphatic carbocycles. The van der Waals surface area contributed by atoms with Crippen molar-refractivity contribution in [3.8, 4) is 0 Å². The Labute approximate surface area is 142 Å². The number of aromatic nitrogens is 1. The number of hydrogen-bond donors (Lipinski definition) is 0. The molecular formula is C18H24N4O2. The minimum absolute atomic E-state index is 0.110. The maximum absolute atomic E-state index is 12.6. The molecule has 1 aromatic rings. The Kier molecular flexibility index (Phi) is 3.90. The molecular weight excluding hydrogens is 304 g/mol. The number of hydrogen-bond acceptors (Lipinski definition) is 4. The Balaban J connectivity index is 1.51. The van der Waals surface area contributed by atoms with E-state index in [4.69, 9.17) is 0 Å². The molecule has 3 saturated heterocycles. The smallest absolute Gasteiger partial charge is 0.254 e. The van der Waals surface area contributed by atoms with Crippen molar-refractivity contribution in [2.75, 3.05) is 38.1 Å². The van der Waals surface area contributed by atoms with E-state index < -0.39 is 0 Å². The first-order chi connectivity index (χ1) is 11.6. The van der Waals surface area contributed by atoms with Crippen molar-refractivity contribution >= 4 is 17.6 Å². The number of anilines is 1. The van der Waals surface area contributed by atoms with Crippen molar-refractivity contribution in [3.63, 3.8) is 0 Å². The van der Waals surface area contributed by atoms with Crippen molar-refractivity contribution in [1.82, 2.24) is 14.8 Å². The SMILES string of the molecule is CN1C(=O)C[C@H]2CCN(c3cc(C(=O)N4CCCC4)ccn3)C[C@H]21. The lowest BCUT2D eigenvalue weighted by molar-refractivity contribution is -0.127. The Morgan fingerprint density at radius 1 is 1.25 bits per heavy atom. The molecule has 24 heavy (non-hydrogen) atoms. The lowest BCUT2D eigenvalue weighted by atomic mass is 9.92. The van der Waals surface area contributed by atoms with Gasteiger partial charge in [-0.1, -0.05) is 0 Å². The molecule has 0 spiro atoms. The second kappa shape index (κ2) is 6.07. The van der Waals surface area contributed by atoms with Crippen LogP contribution in [0.25, 0.3) is 0 Å². The minimum atomic E-state index is 0.110. The van der Waals surface area contributed by atoms with Gasteiger partial charge in [0.2, 0.25) is 5.91 Å². The van der Waals surface area contributed by atoms with E-state index in [0.717, 1.165) is 56.8 Å². The van der Waals surface area contributed by atoms with Gasteiger partial charge in [0.1, 0.15) is 5.82 Å². The standard InChI is InChI=1S/C18H24N4O2/c1-20-15-12-22(9-5-13(15)11-17(20)23)16-10-14(4-6-19-16)18(24)21-7-2-3-8-21/h4,6,10,13,15H,2-3,5,7-9,11-12H2,1H3/t13-,15-/m1/s1. The number of carbonyl (C=O) groups is 2. The monoisotopic (exact) mass is 328 g/mol. The van der Waals surface area contributed by atoms with Gasteiger partial charge in [0.15, 0.2) is 0 Å². The summed E-state index contributed by atoms with van der Waals surface area (Å²) in [5, 5.41) is 0. The van der Waals surface area contributed by atoms with Crippen LogP contribution in [0.2, 0.25) is 0 Å². The Morgan fingerprint density at radius 2 is 2.04 bits per heavy atom. The number of amides is 2. The quantitative estimate of drug-likeness (QED) is 0.823. The maximum atomic E-state index is 12.6. The average molecular weight is 328 g/mol. The first kappa shape index (κ1) is 15.4. The molecule has 0 aromatic carbocycles. The summed E-state index contributed by atoms with van der Waals surface area (Å²) in [4.78, 5) is 35.0. The lowest BCUT2D eigenvalue weighted by Crippen LogP contribution is -2.47. The predicted octanol–water partition coefficient (Wildman–Crippen LogP) is 1.37. The summed E-state index contributed by atoms with van der Waals surface area (Å²) in [6.45, 7) is 3.42. The molecule has 6 heteroatoms. The largest absolute Gasteiger partial charge is 0.355 e. The van der Waals surface area contributed by atoms with Gasteiger partial charge in [-0.3, -0.25) is 9.59 Å². The van der Waals surface area contributed by atoms with E-state index in [1.165, 1.54) is 0 Å². The number of nitrogens with zero attached hydrogens (tertiary/aromatic N) is 4. The third-order valence-electron chi connectivity index (χ3n) is 5.76. The Bertz CT molecular complexity index is 656.